The largest absolute Gasteiger partial charge is 0.502 e. The van der Waals surface area contributed by atoms with Crippen LogP contribution in [-0.4, -0.2) is 49.9 Å². The highest BCUT2D eigenvalue weighted by Crippen LogP contribution is 2.39. The van der Waals surface area contributed by atoms with E-state index in [-0.39, 0.29) is 39.9 Å². The summed E-state index contributed by atoms with van der Waals surface area (Å²) in [5.41, 5.74) is -0.505. The molecule has 0 saturated carbocycles. The number of methoxy groups -OCH3 is 1. The maximum atomic E-state index is 12.4. The molecule has 1 aliphatic rings. The number of thiocarbonyl (C=S) groups is 1. The first-order chi connectivity index (χ1) is 12.2. The molecule has 2 rings (SSSR count). The van der Waals surface area contributed by atoms with Crippen molar-refractivity contribution in [3.05, 3.63) is 32.7 Å². The summed E-state index contributed by atoms with van der Waals surface area (Å²) in [5.74, 6) is -1.86. The number of aromatic hydroxyl groups is 1. The van der Waals surface area contributed by atoms with Crippen LogP contribution in [0.2, 0.25) is 0 Å². The SMILES string of the molecule is COc1cc(C=C2SC(=S)N(CCCC(=O)O)C2=O)c(O)c([N+](=O)[O-])c1. The number of nitro groups is 1. The minimum Gasteiger partial charge on any atom is -0.502 e. The molecule has 2 N–H and O–H groups in total. The number of thioether (sulfide) groups is 1. The minimum absolute atomic E-state index is 0.0436. The number of amides is 1. The van der Waals surface area contributed by atoms with E-state index < -0.39 is 28.2 Å². The average molecular weight is 398 g/mol. The number of rotatable bonds is 7. The van der Waals surface area contributed by atoms with Crippen molar-refractivity contribution in [2.75, 3.05) is 13.7 Å². The van der Waals surface area contributed by atoms with Gasteiger partial charge in [-0.2, -0.15) is 0 Å². The number of hydrogen-bond acceptors (Lipinski definition) is 8. The molecule has 1 amide bonds. The third-order valence-electron chi connectivity index (χ3n) is 3.46. The molecule has 0 unspecified atom stereocenters. The highest BCUT2D eigenvalue weighted by molar-refractivity contribution is 8.26. The summed E-state index contributed by atoms with van der Waals surface area (Å²) >= 11 is 6.09. The Labute approximate surface area is 157 Å². The number of ether oxygens (including phenoxy) is 1. The van der Waals surface area contributed by atoms with Gasteiger partial charge in [-0.25, -0.2) is 0 Å². The number of carboxylic acid groups (broad SMARTS) is 1. The van der Waals surface area contributed by atoms with Crippen LogP contribution in [0.25, 0.3) is 6.08 Å². The third-order valence-corrected chi connectivity index (χ3v) is 4.84. The van der Waals surface area contributed by atoms with Crippen molar-refractivity contribution in [1.29, 1.82) is 0 Å². The monoisotopic (exact) mass is 398 g/mol. The van der Waals surface area contributed by atoms with E-state index in [9.17, 15) is 24.8 Å². The van der Waals surface area contributed by atoms with E-state index in [4.69, 9.17) is 22.1 Å². The molecule has 0 aromatic heterocycles. The predicted octanol–water partition coefficient (Wildman–Crippen LogP) is 2.38. The van der Waals surface area contributed by atoms with Crippen LogP contribution in [0.4, 0.5) is 5.69 Å². The Morgan fingerprint density at radius 3 is 2.77 bits per heavy atom. The Bertz CT molecular complexity index is 822. The molecule has 1 heterocycles. The molecule has 138 valence electrons. The summed E-state index contributed by atoms with van der Waals surface area (Å²) in [6.45, 7) is 0.151. The number of nitrogens with zero attached hydrogens (tertiary/aromatic N) is 2. The molecular formula is C15H14N2O7S2. The molecule has 1 saturated heterocycles. The van der Waals surface area contributed by atoms with E-state index in [1.807, 2.05) is 0 Å². The zero-order valence-corrected chi connectivity index (χ0v) is 15.1. The summed E-state index contributed by atoms with van der Waals surface area (Å²) < 4.78 is 5.23. The molecule has 0 spiro atoms. The fraction of sp³-hybridized carbons (Fsp3) is 0.267. The lowest BCUT2D eigenvalue weighted by molar-refractivity contribution is -0.385. The van der Waals surface area contributed by atoms with Crippen LogP contribution in [-0.2, 0) is 9.59 Å². The van der Waals surface area contributed by atoms with Crippen LogP contribution in [0, 0.1) is 10.1 Å². The lowest BCUT2D eigenvalue weighted by Crippen LogP contribution is -2.29. The quantitative estimate of drug-likeness (QED) is 0.307. The Morgan fingerprint density at radius 1 is 1.50 bits per heavy atom. The number of nitro benzene ring substituents is 1. The molecule has 1 fully saturated rings. The highest BCUT2D eigenvalue weighted by atomic mass is 32.2. The molecule has 26 heavy (non-hydrogen) atoms. The maximum absolute atomic E-state index is 12.4. The Balaban J connectivity index is 2.31. The van der Waals surface area contributed by atoms with Crippen LogP contribution in [0.15, 0.2) is 17.0 Å². The van der Waals surface area contributed by atoms with E-state index >= 15 is 0 Å². The summed E-state index contributed by atoms with van der Waals surface area (Å²) in [6, 6.07) is 2.43. The van der Waals surface area contributed by atoms with Crippen LogP contribution in [0.1, 0.15) is 18.4 Å². The predicted molar refractivity (Wildman–Crippen MR) is 98.1 cm³/mol. The van der Waals surface area contributed by atoms with Gasteiger partial charge in [-0.15, -0.1) is 0 Å². The fourth-order valence-corrected chi connectivity index (χ4v) is 3.50. The number of aliphatic carboxylic acids is 1. The molecule has 9 nitrogen and oxygen atoms in total. The van der Waals surface area contributed by atoms with Gasteiger partial charge in [0.2, 0.25) is 5.75 Å². The molecule has 1 aromatic rings. The average Bonchev–Trinajstić information content (AvgIpc) is 2.83. The molecule has 0 atom stereocenters. The number of carbonyl (C=O) groups is 2. The van der Waals surface area contributed by atoms with E-state index in [1.54, 1.807) is 0 Å². The van der Waals surface area contributed by atoms with Crippen LogP contribution < -0.4 is 4.74 Å². The number of hydrogen-bond donors (Lipinski definition) is 2. The highest BCUT2D eigenvalue weighted by Gasteiger charge is 2.32. The van der Waals surface area contributed by atoms with Crippen molar-refractivity contribution in [3.8, 4) is 11.5 Å². The second-order valence-electron chi connectivity index (χ2n) is 5.17. The molecule has 0 bridgehead atoms. The van der Waals surface area contributed by atoms with Gasteiger partial charge in [0.25, 0.3) is 5.91 Å². The smallest absolute Gasteiger partial charge is 0.315 e. The van der Waals surface area contributed by atoms with Crippen molar-refractivity contribution in [2.45, 2.75) is 12.8 Å². The van der Waals surface area contributed by atoms with Gasteiger partial charge < -0.3 is 14.9 Å². The molecule has 0 aliphatic carbocycles. The van der Waals surface area contributed by atoms with Crippen LogP contribution in [0.5, 0.6) is 11.5 Å². The first-order valence-corrected chi connectivity index (χ1v) is 8.49. The fourth-order valence-electron chi connectivity index (χ4n) is 2.20. The van der Waals surface area contributed by atoms with Gasteiger partial charge >= 0.3 is 11.7 Å². The lowest BCUT2D eigenvalue weighted by Gasteiger charge is -2.13. The summed E-state index contributed by atoms with van der Waals surface area (Å²) in [4.78, 5) is 34.7. The first-order valence-electron chi connectivity index (χ1n) is 7.27. The third kappa shape index (κ3) is 4.29. The standard InChI is InChI=1S/C15H14N2O7S2/c1-24-9-5-8(13(20)10(7-9)17(22)23)6-11-14(21)16(15(25)26-11)4-2-3-12(18)19/h5-7,20H,2-4H2,1H3,(H,18,19). The van der Waals surface area contributed by atoms with Crippen molar-refractivity contribution in [1.82, 2.24) is 4.90 Å². The van der Waals surface area contributed by atoms with Crippen molar-refractivity contribution in [2.24, 2.45) is 0 Å². The van der Waals surface area contributed by atoms with Gasteiger partial charge in [0.15, 0.2) is 0 Å². The molecule has 1 aliphatic heterocycles. The Morgan fingerprint density at radius 2 is 2.19 bits per heavy atom. The van der Waals surface area contributed by atoms with Crippen molar-refractivity contribution in [3.63, 3.8) is 0 Å². The second kappa shape index (κ2) is 8.15. The van der Waals surface area contributed by atoms with Gasteiger partial charge in [-0.3, -0.25) is 24.6 Å². The topological polar surface area (TPSA) is 130 Å². The van der Waals surface area contributed by atoms with Gasteiger partial charge in [-0.05, 0) is 18.6 Å². The zero-order chi connectivity index (χ0) is 19.4. The molecule has 1 aromatic carbocycles. The van der Waals surface area contributed by atoms with Gasteiger partial charge in [0.05, 0.1) is 23.0 Å². The van der Waals surface area contributed by atoms with Gasteiger partial charge in [0, 0.05) is 18.5 Å². The van der Waals surface area contributed by atoms with Crippen LogP contribution >= 0.6 is 24.0 Å². The van der Waals surface area contributed by atoms with E-state index in [0.29, 0.717) is 0 Å². The van der Waals surface area contributed by atoms with Crippen molar-refractivity contribution >= 4 is 51.9 Å². The van der Waals surface area contributed by atoms with Crippen LogP contribution in [0.3, 0.4) is 0 Å². The Kier molecular flexibility index (Phi) is 6.16. The number of phenols is 1. The summed E-state index contributed by atoms with van der Waals surface area (Å²) in [6.07, 6.45) is 1.44. The van der Waals surface area contributed by atoms with Crippen molar-refractivity contribution < 1.29 is 29.5 Å². The lowest BCUT2D eigenvalue weighted by atomic mass is 10.1. The van der Waals surface area contributed by atoms with E-state index in [0.717, 1.165) is 17.8 Å². The minimum atomic E-state index is -0.973. The zero-order valence-electron chi connectivity index (χ0n) is 13.5. The first kappa shape index (κ1) is 19.7. The van der Waals surface area contributed by atoms with Gasteiger partial charge in [0.1, 0.15) is 10.1 Å². The number of carboxylic acids is 1. The van der Waals surface area contributed by atoms with E-state index in [1.165, 1.54) is 24.2 Å². The van der Waals surface area contributed by atoms with E-state index in [2.05, 4.69) is 0 Å². The second-order valence-corrected chi connectivity index (χ2v) is 6.85. The molecular weight excluding hydrogens is 384 g/mol. The normalized spacial score (nSPS) is 15.6. The Hall–Kier alpha value is -2.66. The maximum Gasteiger partial charge on any atom is 0.315 e. The van der Waals surface area contributed by atoms with Gasteiger partial charge in [-0.1, -0.05) is 24.0 Å². The summed E-state index contributed by atoms with van der Waals surface area (Å²) in [7, 11) is 1.32. The number of phenolic OH excluding ortho intramolecular Hbond substituents is 1. The molecule has 0 radical (unpaired) electrons. The molecule has 11 heteroatoms. The summed E-state index contributed by atoms with van der Waals surface area (Å²) in [5, 5.41) is 29.8. The number of benzene rings is 1. The number of carbonyl (C=O) groups excluding carboxylic acids is 1.